The predicted molar refractivity (Wildman–Crippen MR) is 58.6 cm³/mol. The van der Waals surface area contributed by atoms with E-state index in [1.54, 1.807) is 0 Å². The Morgan fingerprint density at radius 1 is 0.947 bits per heavy atom. The van der Waals surface area contributed by atoms with Gasteiger partial charge < -0.3 is 5.11 Å². The van der Waals surface area contributed by atoms with Crippen molar-refractivity contribution in [2.75, 3.05) is 0 Å². The van der Waals surface area contributed by atoms with Crippen LogP contribution in [0.3, 0.4) is 0 Å². The maximum atomic E-state index is 10.6. The van der Waals surface area contributed by atoms with E-state index in [1.165, 1.54) is 0 Å². The molecule has 1 N–H and O–H groups in total. The SMILES string of the molecule is O=[N+]([O-])Oc1cc(O)cc(O[N+](=O)[O-])c1[N+](=O)[O-].[PbH2]. The van der Waals surface area contributed by atoms with Crippen molar-refractivity contribution in [1.29, 1.82) is 0 Å². The number of rotatable bonds is 5. The van der Waals surface area contributed by atoms with Crippen LogP contribution in [0.1, 0.15) is 0 Å². The number of benzene rings is 1. The van der Waals surface area contributed by atoms with E-state index in [2.05, 4.69) is 9.68 Å². The van der Waals surface area contributed by atoms with Crippen LogP contribution >= 0.6 is 0 Å². The second-order valence-electron chi connectivity index (χ2n) is 2.68. The molecule has 0 aliphatic rings. The Bertz CT molecular complexity index is 496. The van der Waals surface area contributed by atoms with E-state index >= 15 is 0 Å². The average Bonchev–Trinajstić information content (AvgIpc) is 2.12. The fraction of sp³-hybridized carbons (Fsp3) is 0. The van der Waals surface area contributed by atoms with Crippen molar-refractivity contribution in [2.24, 2.45) is 0 Å². The summed E-state index contributed by atoms with van der Waals surface area (Å²) in [4.78, 5) is 37.3. The summed E-state index contributed by atoms with van der Waals surface area (Å²) < 4.78 is 0. The zero-order valence-electron chi connectivity index (χ0n) is 8.92. The number of phenolic OH excluding ortho intramolecular Hbond substituents is 1. The van der Waals surface area contributed by atoms with E-state index in [9.17, 15) is 30.3 Å². The van der Waals surface area contributed by atoms with Gasteiger partial charge in [0, 0.05) is 12.1 Å². The Morgan fingerprint density at radius 3 is 1.58 bits per heavy atom. The molecule has 1 aromatic rings. The quantitative estimate of drug-likeness (QED) is 0.340. The molecule has 0 bridgehead atoms. The van der Waals surface area contributed by atoms with Crippen LogP contribution in [0.2, 0.25) is 0 Å². The first kappa shape index (κ1) is 16.7. The number of nitrogens with zero attached hydrogens (tertiary/aromatic N) is 3. The Kier molecular flexibility index (Phi) is 5.83. The third-order valence-electron chi connectivity index (χ3n) is 1.55. The Morgan fingerprint density at radius 2 is 1.32 bits per heavy atom. The van der Waals surface area contributed by atoms with Gasteiger partial charge in [0.2, 0.25) is 11.5 Å². The molecule has 1 rings (SSSR count). The van der Waals surface area contributed by atoms with Crippen molar-refractivity contribution in [3.05, 3.63) is 42.5 Å². The topological polar surface area (TPSA) is 168 Å². The van der Waals surface area contributed by atoms with Gasteiger partial charge in [0.25, 0.3) is 10.2 Å². The van der Waals surface area contributed by atoms with E-state index in [4.69, 9.17) is 5.11 Å². The molecule has 19 heavy (non-hydrogen) atoms. The van der Waals surface area contributed by atoms with Crippen LogP contribution in [0.25, 0.3) is 0 Å². The van der Waals surface area contributed by atoms with Crippen molar-refractivity contribution >= 4 is 33.0 Å². The van der Waals surface area contributed by atoms with Crippen LogP contribution in [-0.4, -0.2) is 47.5 Å². The number of aromatic hydroxyl groups is 1. The van der Waals surface area contributed by atoms with E-state index in [0.717, 1.165) is 0 Å². The van der Waals surface area contributed by atoms with Gasteiger partial charge in [-0.1, -0.05) is 0 Å². The molecular weight excluding hydrogens is 465 g/mol. The van der Waals surface area contributed by atoms with Gasteiger partial charge in [-0.3, -0.25) is 19.8 Å². The molecule has 1 aromatic carbocycles. The van der Waals surface area contributed by atoms with E-state index in [1.807, 2.05) is 0 Å². The van der Waals surface area contributed by atoms with Crippen LogP contribution in [0, 0.1) is 30.3 Å². The number of nitro benzene ring substituents is 1. The van der Waals surface area contributed by atoms with Gasteiger partial charge in [-0.2, -0.15) is 0 Å². The fourth-order valence-electron chi connectivity index (χ4n) is 1.05. The summed E-state index contributed by atoms with van der Waals surface area (Å²) in [6, 6.07) is 1.10. The van der Waals surface area contributed by atoms with Gasteiger partial charge in [0.1, 0.15) is 5.75 Å². The first-order chi connectivity index (χ1) is 8.31. The monoisotopic (exact) mass is 471 g/mol. The van der Waals surface area contributed by atoms with Gasteiger partial charge in [-0.25, -0.2) is 0 Å². The molecule has 2 radical (unpaired) electrons. The van der Waals surface area contributed by atoms with Crippen molar-refractivity contribution in [2.45, 2.75) is 0 Å². The summed E-state index contributed by atoms with van der Waals surface area (Å²) >= 11 is 0. The van der Waals surface area contributed by atoms with Gasteiger partial charge >= 0.3 is 33.0 Å². The van der Waals surface area contributed by atoms with Crippen molar-refractivity contribution in [1.82, 2.24) is 0 Å². The van der Waals surface area contributed by atoms with Crippen molar-refractivity contribution in [3.63, 3.8) is 0 Å². The second kappa shape index (κ2) is 6.61. The van der Waals surface area contributed by atoms with Crippen molar-refractivity contribution in [3.8, 4) is 17.2 Å². The molecule has 102 valence electrons. The van der Waals surface area contributed by atoms with E-state index < -0.39 is 38.0 Å². The molecule has 0 saturated heterocycles. The van der Waals surface area contributed by atoms with E-state index in [0.29, 0.717) is 12.1 Å². The molecule has 0 aliphatic heterocycles. The maximum absolute atomic E-state index is 10.6. The van der Waals surface area contributed by atoms with Crippen LogP contribution in [0.15, 0.2) is 12.1 Å². The standard InChI is InChI=1S/C6H3N3O9.Pb.2H/c10-3-1-4(17-8(13)14)6(7(11)12)5(2-3)18-9(15)16;;;/h1-2,10H;;;. The number of hydrogen-bond acceptors (Lipinski definition) is 9. The summed E-state index contributed by atoms with van der Waals surface area (Å²) in [6.07, 6.45) is 0. The third-order valence-corrected chi connectivity index (χ3v) is 1.55. The Balaban J connectivity index is 0.00000324. The summed E-state index contributed by atoms with van der Waals surface area (Å²) in [5, 5.41) is 37.2. The van der Waals surface area contributed by atoms with Gasteiger partial charge in [-0.15, -0.1) is 20.2 Å². The predicted octanol–water partition coefficient (Wildman–Crippen LogP) is -0.475. The first-order valence-electron chi connectivity index (χ1n) is 3.97. The molecule has 0 unspecified atom stereocenters. The number of hydrogen-bond donors (Lipinski definition) is 1. The summed E-state index contributed by atoms with van der Waals surface area (Å²) in [6.45, 7) is 0. The van der Waals surface area contributed by atoms with Crippen LogP contribution in [-0.2, 0) is 0 Å². The first-order valence-corrected chi connectivity index (χ1v) is 3.97. The fourth-order valence-corrected chi connectivity index (χ4v) is 1.05. The molecule has 0 heterocycles. The summed E-state index contributed by atoms with van der Waals surface area (Å²) in [5.41, 5.74) is -1.15. The van der Waals surface area contributed by atoms with Gasteiger partial charge in [-0.05, 0) is 0 Å². The molecular formula is C6H5N3O9Pb. The van der Waals surface area contributed by atoms with Gasteiger partial charge in [0.05, 0.1) is 4.92 Å². The van der Waals surface area contributed by atoms with Crippen molar-refractivity contribution < 1.29 is 29.9 Å². The Hall–Kier alpha value is -2.26. The average molecular weight is 470 g/mol. The molecule has 0 amide bonds. The van der Waals surface area contributed by atoms with Crippen LogP contribution in [0.5, 0.6) is 17.2 Å². The zero-order chi connectivity index (χ0) is 13.9. The molecule has 0 saturated carbocycles. The number of nitro groups is 1. The van der Waals surface area contributed by atoms with Gasteiger partial charge in [0.15, 0.2) is 0 Å². The normalized spacial score (nSPS) is 9.05. The second-order valence-corrected chi connectivity index (χ2v) is 2.68. The molecule has 13 heteroatoms. The molecule has 0 atom stereocenters. The third kappa shape index (κ3) is 4.49. The molecule has 12 nitrogen and oxygen atoms in total. The molecule has 0 aromatic heterocycles. The molecule has 0 aliphatic carbocycles. The molecule has 0 fully saturated rings. The summed E-state index contributed by atoms with van der Waals surface area (Å²) in [5.74, 6) is -2.74. The minimum atomic E-state index is -1.38. The van der Waals surface area contributed by atoms with E-state index in [-0.39, 0.29) is 27.3 Å². The zero-order valence-corrected chi connectivity index (χ0v) is 14.4. The van der Waals surface area contributed by atoms with Crippen LogP contribution in [0.4, 0.5) is 5.69 Å². The number of phenols is 1. The minimum absolute atomic E-state index is 0. The molecule has 0 spiro atoms. The Labute approximate surface area is 123 Å². The summed E-state index contributed by atoms with van der Waals surface area (Å²) in [7, 11) is 0. The van der Waals surface area contributed by atoms with Crippen LogP contribution < -0.4 is 9.68 Å².